The van der Waals surface area contributed by atoms with Crippen molar-refractivity contribution in [3.05, 3.63) is 65.2 Å². The highest BCUT2D eigenvalue weighted by molar-refractivity contribution is 5.80. The molecule has 0 radical (unpaired) electrons. The summed E-state index contributed by atoms with van der Waals surface area (Å²) in [5, 5.41) is 10.3. The first-order valence-electron chi connectivity index (χ1n) is 8.50. The van der Waals surface area contributed by atoms with Crippen LogP contribution in [-0.2, 0) is 17.8 Å². The molecular formula is C20H24N2O3. The Morgan fingerprint density at radius 1 is 1.24 bits per heavy atom. The number of benzene rings is 2. The number of carbonyl (C=O) groups is 1. The third kappa shape index (κ3) is 4.38. The molecule has 1 aliphatic rings. The van der Waals surface area contributed by atoms with Gasteiger partial charge in [-0.1, -0.05) is 42.0 Å². The lowest BCUT2D eigenvalue weighted by atomic mass is 9.93. The van der Waals surface area contributed by atoms with Gasteiger partial charge in [0, 0.05) is 13.1 Å². The number of aliphatic hydroxyl groups is 1. The molecule has 5 nitrogen and oxygen atoms in total. The van der Waals surface area contributed by atoms with Crippen molar-refractivity contribution >= 4 is 5.91 Å². The number of hydrogen-bond acceptors (Lipinski definition) is 4. The van der Waals surface area contributed by atoms with Crippen LogP contribution in [0.2, 0.25) is 0 Å². The number of ether oxygens (including phenoxy) is 1. The van der Waals surface area contributed by atoms with Crippen LogP contribution in [0.5, 0.6) is 5.75 Å². The zero-order chi connectivity index (χ0) is 17.8. The SMILES string of the molecule is Cc1ccc(OCC(O)CN2Cc3ccccc3C[C@H]2C(N)=O)cc1. The fraction of sp³-hybridized carbons (Fsp3) is 0.350. The summed E-state index contributed by atoms with van der Waals surface area (Å²) in [6.45, 7) is 3.13. The first-order chi connectivity index (χ1) is 12.0. The first kappa shape index (κ1) is 17.5. The molecule has 5 heteroatoms. The van der Waals surface area contributed by atoms with E-state index in [1.807, 2.05) is 54.3 Å². The number of amides is 1. The zero-order valence-electron chi connectivity index (χ0n) is 14.4. The number of nitrogens with two attached hydrogens (primary N) is 1. The van der Waals surface area contributed by atoms with Crippen LogP contribution in [0.4, 0.5) is 0 Å². The van der Waals surface area contributed by atoms with E-state index in [4.69, 9.17) is 10.5 Å². The average molecular weight is 340 g/mol. The van der Waals surface area contributed by atoms with E-state index in [1.54, 1.807) is 0 Å². The van der Waals surface area contributed by atoms with Crippen molar-refractivity contribution in [3.8, 4) is 5.75 Å². The number of β-amino-alcohol motifs (C(OH)–C–C–N with tert-alkyl or cyclic N) is 1. The van der Waals surface area contributed by atoms with Crippen LogP contribution >= 0.6 is 0 Å². The monoisotopic (exact) mass is 340 g/mol. The Kier molecular flexibility index (Phi) is 5.36. The lowest BCUT2D eigenvalue weighted by Crippen LogP contribution is -2.51. The Morgan fingerprint density at radius 2 is 1.92 bits per heavy atom. The summed E-state index contributed by atoms with van der Waals surface area (Å²) in [5.74, 6) is 0.362. The second-order valence-corrected chi connectivity index (χ2v) is 6.60. The molecule has 3 rings (SSSR count). The van der Waals surface area contributed by atoms with Gasteiger partial charge in [-0.05, 0) is 36.6 Å². The molecule has 1 amide bonds. The Morgan fingerprint density at radius 3 is 2.60 bits per heavy atom. The maximum atomic E-state index is 11.8. The number of aliphatic hydroxyl groups excluding tert-OH is 1. The molecule has 0 aliphatic carbocycles. The van der Waals surface area contributed by atoms with Gasteiger partial charge in [0.1, 0.15) is 18.5 Å². The van der Waals surface area contributed by atoms with Crippen LogP contribution in [-0.4, -0.2) is 41.2 Å². The van der Waals surface area contributed by atoms with Crippen LogP contribution in [0.3, 0.4) is 0 Å². The van der Waals surface area contributed by atoms with E-state index < -0.39 is 12.1 Å². The fourth-order valence-electron chi connectivity index (χ4n) is 3.20. The summed E-state index contributed by atoms with van der Waals surface area (Å²) < 4.78 is 5.64. The quantitative estimate of drug-likeness (QED) is 0.838. The van der Waals surface area contributed by atoms with Crippen molar-refractivity contribution in [2.24, 2.45) is 5.73 Å². The van der Waals surface area contributed by atoms with E-state index in [9.17, 15) is 9.90 Å². The molecule has 0 bridgehead atoms. The standard InChI is InChI=1S/C20H24N2O3/c1-14-6-8-18(9-7-14)25-13-17(23)12-22-11-16-5-3-2-4-15(16)10-19(22)20(21)24/h2-9,17,19,23H,10-13H2,1H3,(H2,21,24)/t17?,19-/m0/s1. The highest BCUT2D eigenvalue weighted by Crippen LogP contribution is 2.23. The Bertz CT molecular complexity index is 730. The highest BCUT2D eigenvalue weighted by Gasteiger charge is 2.31. The van der Waals surface area contributed by atoms with Crippen LogP contribution in [0.15, 0.2) is 48.5 Å². The van der Waals surface area contributed by atoms with Gasteiger partial charge in [0.2, 0.25) is 5.91 Å². The summed E-state index contributed by atoms with van der Waals surface area (Å²) in [5.41, 5.74) is 9.05. The summed E-state index contributed by atoms with van der Waals surface area (Å²) in [6, 6.07) is 15.3. The highest BCUT2D eigenvalue weighted by atomic mass is 16.5. The molecule has 1 unspecified atom stereocenters. The van der Waals surface area contributed by atoms with Crippen LogP contribution < -0.4 is 10.5 Å². The third-order valence-electron chi connectivity index (χ3n) is 4.58. The number of primary amides is 1. The van der Waals surface area contributed by atoms with Gasteiger partial charge in [-0.2, -0.15) is 0 Å². The van der Waals surface area contributed by atoms with Crippen molar-refractivity contribution in [2.45, 2.75) is 32.0 Å². The number of hydrogen-bond donors (Lipinski definition) is 2. The van der Waals surface area contributed by atoms with E-state index >= 15 is 0 Å². The number of carbonyl (C=O) groups excluding carboxylic acids is 1. The lowest BCUT2D eigenvalue weighted by Gasteiger charge is -2.36. The van der Waals surface area contributed by atoms with E-state index in [2.05, 4.69) is 6.07 Å². The van der Waals surface area contributed by atoms with Gasteiger partial charge in [0.05, 0.1) is 6.04 Å². The number of fused-ring (bicyclic) bond motifs is 1. The molecule has 2 aromatic carbocycles. The van der Waals surface area contributed by atoms with Crippen molar-refractivity contribution in [1.29, 1.82) is 0 Å². The minimum absolute atomic E-state index is 0.173. The molecule has 0 aromatic heterocycles. The predicted molar refractivity (Wildman–Crippen MR) is 96.2 cm³/mol. The van der Waals surface area contributed by atoms with Crippen molar-refractivity contribution in [1.82, 2.24) is 4.90 Å². The van der Waals surface area contributed by atoms with E-state index in [1.165, 1.54) is 5.56 Å². The second-order valence-electron chi connectivity index (χ2n) is 6.60. The molecule has 0 saturated carbocycles. The Labute approximate surface area is 148 Å². The number of rotatable bonds is 6. The zero-order valence-corrected chi connectivity index (χ0v) is 14.4. The molecule has 25 heavy (non-hydrogen) atoms. The second kappa shape index (κ2) is 7.68. The van der Waals surface area contributed by atoms with Crippen molar-refractivity contribution < 1.29 is 14.6 Å². The molecule has 2 aromatic rings. The average Bonchev–Trinajstić information content (AvgIpc) is 2.60. The molecule has 132 valence electrons. The Balaban J connectivity index is 1.61. The van der Waals surface area contributed by atoms with Crippen molar-refractivity contribution in [2.75, 3.05) is 13.2 Å². The maximum Gasteiger partial charge on any atom is 0.235 e. The topological polar surface area (TPSA) is 75.8 Å². The molecule has 3 N–H and O–H groups in total. The molecule has 1 aliphatic heterocycles. The smallest absolute Gasteiger partial charge is 0.235 e. The van der Waals surface area contributed by atoms with E-state index in [0.29, 0.717) is 19.5 Å². The van der Waals surface area contributed by atoms with Gasteiger partial charge in [-0.3, -0.25) is 9.69 Å². The minimum atomic E-state index is -0.701. The summed E-state index contributed by atoms with van der Waals surface area (Å²) >= 11 is 0. The van der Waals surface area contributed by atoms with Gasteiger partial charge >= 0.3 is 0 Å². The van der Waals surface area contributed by atoms with Gasteiger partial charge in [-0.15, -0.1) is 0 Å². The van der Waals surface area contributed by atoms with Crippen LogP contribution in [0.1, 0.15) is 16.7 Å². The largest absolute Gasteiger partial charge is 0.491 e. The Hall–Kier alpha value is -2.37. The maximum absolute atomic E-state index is 11.8. The van der Waals surface area contributed by atoms with Gasteiger partial charge < -0.3 is 15.6 Å². The first-order valence-corrected chi connectivity index (χ1v) is 8.50. The molecular weight excluding hydrogens is 316 g/mol. The molecule has 0 saturated heterocycles. The third-order valence-corrected chi connectivity index (χ3v) is 4.58. The van der Waals surface area contributed by atoms with Gasteiger partial charge in [0.15, 0.2) is 0 Å². The molecule has 2 atom stereocenters. The van der Waals surface area contributed by atoms with Gasteiger partial charge in [0.25, 0.3) is 0 Å². The van der Waals surface area contributed by atoms with E-state index in [-0.39, 0.29) is 12.5 Å². The van der Waals surface area contributed by atoms with E-state index in [0.717, 1.165) is 16.9 Å². The number of nitrogens with zero attached hydrogens (tertiary/aromatic N) is 1. The lowest BCUT2D eigenvalue weighted by molar-refractivity contribution is -0.124. The molecule has 0 fully saturated rings. The van der Waals surface area contributed by atoms with Crippen molar-refractivity contribution in [3.63, 3.8) is 0 Å². The molecule has 0 spiro atoms. The van der Waals surface area contributed by atoms with Crippen LogP contribution in [0, 0.1) is 6.92 Å². The van der Waals surface area contributed by atoms with Gasteiger partial charge in [-0.25, -0.2) is 0 Å². The van der Waals surface area contributed by atoms with Crippen LogP contribution in [0.25, 0.3) is 0 Å². The summed E-state index contributed by atoms with van der Waals surface area (Å²) in [7, 11) is 0. The number of aryl methyl sites for hydroxylation is 1. The fourth-order valence-corrected chi connectivity index (χ4v) is 3.20. The normalized spacial score (nSPS) is 18.4. The predicted octanol–water partition coefficient (Wildman–Crippen LogP) is 1.65. The minimum Gasteiger partial charge on any atom is -0.491 e. The summed E-state index contributed by atoms with van der Waals surface area (Å²) in [4.78, 5) is 13.8. The summed E-state index contributed by atoms with van der Waals surface area (Å²) in [6.07, 6.45) is -0.120. The molecule has 1 heterocycles.